The second-order valence-corrected chi connectivity index (χ2v) is 6.43. The van der Waals surface area contributed by atoms with Crippen LogP contribution >= 0.6 is 11.8 Å². The summed E-state index contributed by atoms with van der Waals surface area (Å²) in [6, 6.07) is 6.21. The Labute approximate surface area is 105 Å². The van der Waals surface area contributed by atoms with Gasteiger partial charge in [0.2, 0.25) is 0 Å². The molecule has 1 aromatic carbocycles. The summed E-state index contributed by atoms with van der Waals surface area (Å²) in [5, 5.41) is 0. The van der Waals surface area contributed by atoms with Gasteiger partial charge in [-0.05, 0) is 36.4 Å². The van der Waals surface area contributed by atoms with E-state index in [0.717, 1.165) is 17.9 Å². The zero-order valence-electron chi connectivity index (χ0n) is 9.46. The average Bonchev–Trinajstić information content (AvgIpc) is 2.81. The van der Waals surface area contributed by atoms with Crippen molar-refractivity contribution in [2.75, 3.05) is 18.6 Å². The molecule has 0 spiro atoms. The minimum atomic E-state index is -3.64. The van der Waals surface area contributed by atoms with E-state index in [1.54, 1.807) is 23.9 Å². The maximum absolute atomic E-state index is 11.9. The van der Waals surface area contributed by atoms with Gasteiger partial charge in [0.25, 0.3) is 10.1 Å². The lowest BCUT2D eigenvalue weighted by Gasteiger charge is -2.10. The lowest BCUT2D eigenvalue weighted by Crippen LogP contribution is -2.17. The highest BCUT2D eigenvalue weighted by atomic mass is 32.2. The monoisotopic (exact) mass is 274 g/mol. The molecule has 2 rings (SSSR count). The summed E-state index contributed by atoms with van der Waals surface area (Å²) >= 11 is 1.71. The largest absolute Gasteiger partial charge is 0.497 e. The molecule has 0 bridgehead atoms. The minimum absolute atomic E-state index is 0.176. The van der Waals surface area contributed by atoms with Crippen LogP contribution in [0.25, 0.3) is 0 Å². The third kappa shape index (κ3) is 3.14. The number of thioether (sulfide) groups is 1. The maximum atomic E-state index is 11.9. The van der Waals surface area contributed by atoms with Gasteiger partial charge in [-0.1, -0.05) is 0 Å². The molecule has 1 aliphatic heterocycles. The van der Waals surface area contributed by atoms with Crippen molar-refractivity contribution >= 4 is 21.9 Å². The molecule has 0 saturated carbocycles. The van der Waals surface area contributed by atoms with E-state index in [-0.39, 0.29) is 11.0 Å². The molecule has 6 heteroatoms. The Bertz CT molecular complexity index is 461. The molecule has 0 radical (unpaired) electrons. The molecule has 1 atom stereocenters. The molecule has 1 heterocycles. The average molecular weight is 274 g/mol. The minimum Gasteiger partial charge on any atom is -0.497 e. The quantitative estimate of drug-likeness (QED) is 0.785. The van der Waals surface area contributed by atoms with E-state index < -0.39 is 10.1 Å². The Morgan fingerprint density at radius 1 is 1.29 bits per heavy atom. The van der Waals surface area contributed by atoms with Gasteiger partial charge in [-0.25, -0.2) is 0 Å². The lowest BCUT2D eigenvalue weighted by atomic mass is 10.3. The molecule has 1 saturated heterocycles. The molecule has 0 aliphatic carbocycles. The Kier molecular flexibility index (Phi) is 3.96. The summed E-state index contributed by atoms with van der Waals surface area (Å²) in [6.45, 7) is 0. The lowest BCUT2D eigenvalue weighted by molar-refractivity contribution is 0.236. The predicted octanol–water partition coefficient (Wildman–Crippen LogP) is 1.91. The SMILES string of the molecule is COc1ccc(S(=O)(=O)O[C@@H]2CCSC2)cc1. The third-order valence-electron chi connectivity index (χ3n) is 2.50. The Balaban J connectivity index is 2.12. The fraction of sp³-hybridized carbons (Fsp3) is 0.455. The molecule has 1 aliphatic rings. The van der Waals surface area contributed by atoms with E-state index in [1.165, 1.54) is 19.2 Å². The van der Waals surface area contributed by atoms with Gasteiger partial charge in [-0.2, -0.15) is 20.2 Å². The first-order chi connectivity index (χ1) is 8.12. The first-order valence-corrected chi connectivity index (χ1v) is 7.83. The summed E-state index contributed by atoms with van der Waals surface area (Å²) in [7, 11) is -2.10. The van der Waals surface area contributed by atoms with Crippen molar-refractivity contribution in [3.8, 4) is 5.75 Å². The van der Waals surface area contributed by atoms with E-state index in [0.29, 0.717) is 5.75 Å². The Morgan fingerprint density at radius 3 is 2.53 bits per heavy atom. The van der Waals surface area contributed by atoms with Gasteiger partial charge in [0.05, 0.1) is 18.1 Å². The number of ether oxygens (including phenoxy) is 1. The summed E-state index contributed by atoms with van der Waals surface area (Å²) < 4.78 is 34.0. The van der Waals surface area contributed by atoms with Crippen LogP contribution in [-0.2, 0) is 14.3 Å². The number of hydrogen-bond donors (Lipinski definition) is 0. The molecule has 17 heavy (non-hydrogen) atoms. The Morgan fingerprint density at radius 2 is 2.00 bits per heavy atom. The fourth-order valence-electron chi connectivity index (χ4n) is 1.57. The second-order valence-electron chi connectivity index (χ2n) is 3.71. The van der Waals surface area contributed by atoms with Crippen molar-refractivity contribution in [2.24, 2.45) is 0 Å². The van der Waals surface area contributed by atoms with Crippen LogP contribution < -0.4 is 4.74 Å². The molecule has 0 amide bonds. The van der Waals surface area contributed by atoms with Crippen molar-refractivity contribution in [2.45, 2.75) is 17.4 Å². The van der Waals surface area contributed by atoms with E-state index in [1.807, 2.05) is 0 Å². The zero-order valence-corrected chi connectivity index (χ0v) is 11.1. The van der Waals surface area contributed by atoms with Gasteiger partial charge in [-0.15, -0.1) is 0 Å². The Hall–Kier alpha value is -0.720. The number of rotatable bonds is 4. The first kappa shape index (κ1) is 12.7. The molecular weight excluding hydrogens is 260 g/mol. The van der Waals surface area contributed by atoms with Crippen LogP contribution in [-0.4, -0.2) is 33.1 Å². The van der Waals surface area contributed by atoms with Gasteiger partial charge in [0, 0.05) is 5.75 Å². The van der Waals surface area contributed by atoms with Gasteiger partial charge >= 0.3 is 0 Å². The van der Waals surface area contributed by atoms with Crippen LogP contribution in [0.3, 0.4) is 0 Å². The summed E-state index contributed by atoms with van der Waals surface area (Å²) in [6.07, 6.45) is 0.604. The van der Waals surface area contributed by atoms with E-state index in [9.17, 15) is 8.42 Å². The van der Waals surface area contributed by atoms with Crippen LogP contribution in [0, 0.1) is 0 Å². The van der Waals surface area contributed by atoms with Crippen molar-refractivity contribution < 1.29 is 17.3 Å². The summed E-state index contributed by atoms with van der Waals surface area (Å²) in [5.74, 6) is 2.33. The molecule has 94 valence electrons. The maximum Gasteiger partial charge on any atom is 0.297 e. The van der Waals surface area contributed by atoms with Crippen LogP contribution in [0.5, 0.6) is 5.75 Å². The third-order valence-corrected chi connectivity index (χ3v) is 5.01. The number of hydrogen-bond acceptors (Lipinski definition) is 5. The van der Waals surface area contributed by atoms with Crippen molar-refractivity contribution in [1.82, 2.24) is 0 Å². The van der Waals surface area contributed by atoms with Crippen molar-refractivity contribution in [3.63, 3.8) is 0 Å². The van der Waals surface area contributed by atoms with Gasteiger partial charge in [-0.3, -0.25) is 4.18 Å². The number of benzene rings is 1. The molecule has 1 aromatic rings. The molecule has 0 unspecified atom stereocenters. The number of methoxy groups -OCH3 is 1. The topological polar surface area (TPSA) is 52.6 Å². The van der Waals surface area contributed by atoms with Crippen molar-refractivity contribution in [3.05, 3.63) is 24.3 Å². The zero-order chi connectivity index (χ0) is 12.3. The molecule has 0 N–H and O–H groups in total. The molecule has 4 nitrogen and oxygen atoms in total. The second kappa shape index (κ2) is 5.29. The smallest absolute Gasteiger partial charge is 0.297 e. The van der Waals surface area contributed by atoms with Crippen LogP contribution in [0.15, 0.2) is 29.2 Å². The molecule has 0 aromatic heterocycles. The normalized spacial score (nSPS) is 20.4. The van der Waals surface area contributed by atoms with Gasteiger partial charge < -0.3 is 4.74 Å². The first-order valence-electron chi connectivity index (χ1n) is 5.27. The summed E-state index contributed by atoms with van der Waals surface area (Å²) in [5.41, 5.74) is 0. The fourth-order valence-corrected chi connectivity index (χ4v) is 3.85. The van der Waals surface area contributed by atoms with Crippen LogP contribution in [0.2, 0.25) is 0 Å². The van der Waals surface area contributed by atoms with Gasteiger partial charge in [0.1, 0.15) is 5.75 Å². The highest BCUT2D eigenvalue weighted by molar-refractivity contribution is 7.99. The van der Waals surface area contributed by atoms with E-state index >= 15 is 0 Å². The summed E-state index contributed by atoms with van der Waals surface area (Å²) in [4.78, 5) is 0.176. The van der Waals surface area contributed by atoms with E-state index in [2.05, 4.69) is 0 Å². The van der Waals surface area contributed by atoms with E-state index in [4.69, 9.17) is 8.92 Å². The van der Waals surface area contributed by atoms with Crippen molar-refractivity contribution in [1.29, 1.82) is 0 Å². The standard InChI is InChI=1S/C11H14O4S2/c1-14-9-2-4-11(5-3-9)17(12,13)15-10-6-7-16-8-10/h2-5,10H,6-8H2,1H3/t10-/m1/s1. The predicted molar refractivity (Wildman–Crippen MR) is 67.0 cm³/mol. The van der Waals surface area contributed by atoms with Gasteiger partial charge in [0.15, 0.2) is 0 Å². The highest BCUT2D eigenvalue weighted by Gasteiger charge is 2.24. The molecule has 1 fully saturated rings. The van der Waals surface area contributed by atoms with Crippen LogP contribution in [0.1, 0.15) is 6.42 Å². The van der Waals surface area contributed by atoms with Crippen LogP contribution in [0.4, 0.5) is 0 Å². The molecular formula is C11H14O4S2. The highest BCUT2D eigenvalue weighted by Crippen LogP contribution is 2.25.